The first-order valence-corrected chi connectivity index (χ1v) is 4.55. The number of pyridine rings is 1. The molecule has 0 saturated heterocycles. The highest BCUT2D eigenvalue weighted by Crippen LogP contribution is 2.11. The van der Waals surface area contributed by atoms with Crippen LogP contribution < -0.4 is 5.73 Å². The highest BCUT2D eigenvalue weighted by atomic mass is 16.5. The van der Waals surface area contributed by atoms with E-state index >= 15 is 0 Å². The predicted octanol–water partition coefficient (Wildman–Crippen LogP) is 1.62. The summed E-state index contributed by atoms with van der Waals surface area (Å²) >= 11 is 0. The molecule has 0 aliphatic carbocycles. The van der Waals surface area contributed by atoms with Gasteiger partial charge in [-0.05, 0) is 19.4 Å². The zero-order valence-electron chi connectivity index (χ0n) is 8.36. The largest absolute Gasteiger partial charge is 0.459 e. The molecular weight excluding hydrogens is 180 g/mol. The molecular formula is C10H14N2O2. The average Bonchev–Trinajstić information content (AvgIpc) is 2.18. The van der Waals surface area contributed by atoms with Gasteiger partial charge in [0, 0.05) is 6.20 Å². The summed E-state index contributed by atoms with van der Waals surface area (Å²) in [6.07, 6.45) is 3.66. The van der Waals surface area contributed by atoms with Crippen LogP contribution >= 0.6 is 0 Å². The maximum Gasteiger partial charge on any atom is 0.340 e. The van der Waals surface area contributed by atoms with Gasteiger partial charge in [-0.2, -0.15) is 0 Å². The van der Waals surface area contributed by atoms with E-state index in [-0.39, 0.29) is 12.1 Å². The van der Waals surface area contributed by atoms with Crippen molar-refractivity contribution in [2.24, 2.45) is 0 Å². The number of carbonyl (C=O) groups is 1. The topological polar surface area (TPSA) is 65.2 Å². The first-order chi connectivity index (χ1) is 6.65. The van der Waals surface area contributed by atoms with Gasteiger partial charge in [0.25, 0.3) is 0 Å². The Kier molecular flexibility index (Phi) is 3.45. The van der Waals surface area contributed by atoms with Crippen LogP contribution in [-0.4, -0.2) is 17.1 Å². The van der Waals surface area contributed by atoms with Gasteiger partial charge in [-0.1, -0.05) is 6.92 Å². The number of hydrogen-bond donors (Lipinski definition) is 1. The van der Waals surface area contributed by atoms with Crippen molar-refractivity contribution in [1.29, 1.82) is 0 Å². The van der Waals surface area contributed by atoms with E-state index < -0.39 is 0 Å². The first kappa shape index (κ1) is 10.5. The molecule has 0 fully saturated rings. The Balaban J connectivity index is 2.75. The molecule has 4 heteroatoms. The monoisotopic (exact) mass is 194 g/mol. The lowest BCUT2D eigenvalue weighted by Gasteiger charge is -2.11. The number of nitrogen functional groups attached to an aromatic ring is 1. The van der Waals surface area contributed by atoms with Gasteiger partial charge >= 0.3 is 5.97 Å². The maximum absolute atomic E-state index is 11.5. The normalized spacial score (nSPS) is 12.1. The molecule has 0 aromatic carbocycles. The molecule has 0 saturated carbocycles. The van der Waals surface area contributed by atoms with Gasteiger partial charge in [-0.15, -0.1) is 0 Å². The number of aromatic nitrogens is 1. The Labute approximate surface area is 83.1 Å². The number of esters is 1. The minimum atomic E-state index is -0.390. The summed E-state index contributed by atoms with van der Waals surface area (Å²) in [5.74, 6) is -0.390. The van der Waals surface area contributed by atoms with Gasteiger partial charge in [0.05, 0.1) is 23.6 Å². The Morgan fingerprint density at radius 2 is 2.43 bits per heavy atom. The van der Waals surface area contributed by atoms with Crippen molar-refractivity contribution in [1.82, 2.24) is 4.98 Å². The molecule has 0 aliphatic rings. The number of ether oxygens (including phenoxy) is 1. The molecule has 1 unspecified atom stereocenters. The third kappa shape index (κ3) is 2.45. The fraction of sp³-hybridized carbons (Fsp3) is 0.400. The molecule has 76 valence electrons. The maximum atomic E-state index is 11.5. The quantitative estimate of drug-likeness (QED) is 0.742. The summed E-state index contributed by atoms with van der Waals surface area (Å²) < 4.78 is 5.12. The number of hydrogen-bond acceptors (Lipinski definition) is 4. The fourth-order valence-corrected chi connectivity index (χ4v) is 0.922. The summed E-state index contributed by atoms with van der Waals surface area (Å²) in [6, 6.07) is 1.56. The van der Waals surface area contributed by atoms with Gasteiger partial charge in [-0.25, -0.2) is 4.79 Å². The number of carbonyl (C=O) groups excluding carboxylic acids is 1. The SMILES string of the molecule is CCC(C)OC(=O)c1ccncc1N. The van der Waals surface area contributed by atoms with Gasteiger partial charge in [0.1, 0.15) is 0 Å². The van der Waals surface area contributed by atoms with E-state index in [0.29, 0.717) is 11.3 Å². The van der Waals surface area contributed by atoms with Gasteiger partial charge in [0.2, 0.25) is 0 Å². The number of nitrogens with zero attached hydrogens (tertiary/aromatic N) is 1. The molecule has 2 N–H and O–H groups in total. The van der Waals surface area contributed by atoms with Gasteiger partial charge in [-0.3, -0.25) is 4.98 Å². The molecule has 1 rings (SSSR count). The van der Waals surface area contributed by atoms with Crippen LogP contribution in [0.4, 0.5) is 5.69 Å². The summed E-state index contributed by atoms with van der Waals surface area (Å²) in [5, 5.41) is 0. The lowest BCUT2D eigenvalue weighted by atomic mass is 10.2. The van der Waals surface area contributed by atoms with E-state index in [0.717, 1.165) is 6.42 Å². The summed E-state index contributed by atoms with van der Waals surface area (Å²) in [5.41, 5.74) is 6.30. The van der Waals surface area contributed by atoms with Crippen LogP contribution in [0, 0.1) is 0 Å². The van der Waals surface area contributed by atoms with E-state index in [1.54, 1.807) is 6.07 Å². The van der Waals surface area contributed by atoms with Crippen LogP contribution in [0.1, 0.15) is 30.6 Å². The lowest BCUT2D eigenvalue weighted by molar-refractivity contribution is 0.0335. The Morgan fingerprint density at radius 3 is 3.00 bits per heavy atom. The van der Waals surface area contributed by atoms with Gasteiger partial charge < -0.3 is 10.5 Å². The smallest absolute Gasteiger partial charge is 0.340 e. The van der Waals surface area contributed by atoms with Crippen molar-refractivity contribution in [2.45, 2.75) is 26.4 Å². The zero-order valence-corrected chi connectivity index (χ0v) is 8.36. The van der Waals surface area contributed by atoms with Crippen molar-refractivity contribution >= 4 is 11.7 Å². The van der Waals surface area contributed by atoms with Crippen molar-refractivity contribution in [3.63, 3.8) is 0 Å². The number of anilines is 1. The first-order valence-electron chi connectivity index (χ1n) is 4.55. The molecule has 0 spiro atoms. The standard InChI is InChI=1S/C10H14N2O2/c1-3-7(2)14-10(13)8-4-5-12-6-9(8)11/h4-7H,3,11H2,1-2H3. The fourth-order valence-electron chi connectivity index (χ4n) is 0.922. The lowest BCUT2D eigenvalue weighted by Crippen LogP contribution is -2.15. The van der Waals surface area contributed by atoms with Crippen LogP contribution in [0.3, 0.4) is 0 Å². The molecule has 0 aliphatic heterocycles. The number of rotatable bonds is 3. The van der Waals surface area contributed by atoms with Crippen LogP contribution in [-0.2, 0) is 4.74 Å². The predicted molar refractivity (Wildman–Crippen MR) is 53.8 cm³/mol. The molecule has 1 aromatic rings. The van der Waals surface area contributed by atoms with E-state index in [9.17, 15) is 4.79 Å². The van der Waals surface area contributed by atoms with Crippen LogP contribution in [0.2, 0.25) is 0 Å². The van der Waals surface area contributed by atoms with Gasteiger partial charge in [0.15, 0.2) is 0 Å². The summed E-state index contributed by atoms with van der Waals surface area (Å²) in [6.45, 7) is 3.79. The molecule has 1 aromatic heterocycles. The van der Waals surface area contributed by atoms with Crippen molar-refractivity contribution in [2.75, 3.05) is 5.73 Å². The molecule has 0 radical (unpaired) electrons. The highest BCUT2D eigenvalue weighted by molar-refractivity contribution is 5.94. The van der Waals surface area contributed by atoms with E-state index in [2.05, 4.69) is 4.98 Å². The minimum absolute atomic E-state index is 0.0879. The summed E-state index contributed by atoms with van der Waals surface area (Å²) in [7, 11) is 0. The Bertz CT molecular complexity index is 326. The minimum Gasteiger partial charge on any atom is -0.459 e. The van der Waals surface area contributed by atoms with Crippen LogP contribution in [0.25, 0.3) is 0 Å². The van der Waals surface area contributed by atoms with E-state index in [1.165, 1.54) is 12.4 Å². The second-order valence-electron chi connectivity index (χ2n) is 3.09. The Morgan fingerprint density at radius 1 is 1.71 bits per heavy atom. The molecule has 0 amide bonds. The highest BCUT2D eigenvalue weighted by Gasteiger charge is 2.13. The van der Waals surface area contributed by atoms with E-state index in [1.807, 2.05) is 13.8 Å². The third-order valence-corrected chi connectivity index (χ3v) is 1.95. The van der Waals surface area contributed by atoms with Crippen LogP contribution in [0.5, 0.6) is 0 Å². The summed E-state index contributed by atoms with van der Waals surface area (Å²) in [4.78, 5) is 15.3. The zero-order chi connectivity index (χ0) is 10.6. The number of nitrogens with two attached hydrogens (primary N) is 1. The molecule has 0 bridgehead atoms. The second-order valence-corrected chi connectivity index (χ2v) is 3.09. The average molecular weight is 194 g/mol. The molecule has 1 heterocycles. The van der Waals surface area contributed by atoms with E-state index in [4.69, 9.17) is 10.5 Å². The molecule has 4 nitrogen and oxygen atoms in total. The second kappa shape index (κ2) is 4.60. The van der Waals surface area contributed by atoms with Crippen molar-refractivity contribution in [3.8, 4) is 0 Å². The van der Waals surface area contributed by atoms with Crippen molar-refractivity contribution < 1.29 is 9.53 Å². The van der Waals surface area contributed by atoms with Crippen LogP contribution in [0.15, 0.2) is 18.5 Å². The van der Waals surface area contributed by atoms with Crippen molar-refractivity contribution in [3.05, 3.63) is 24.0 Å². The third-order valence-electron chi connectivity index (χ3n) is 1.95. The Hall–Kier alpha value is -1.58. The molecule has 1 atom stereocenters. The molecule has 14 heavy (non-hydrogen) atoms.